The predicted octanol–water partition coefficient (Wildman–Crippen LogP) is 2.33. The first-order chi connectivity index (χ1) is 7.47. The van der Waals surface area contributed by atoms with Crippen LogP contribution in [0.15, 0.2) is 12.1 Å². The summed E-state index contributed by atoms with van der Waals surface area (Å²) in [4.78, 5) is 11.5. The number of nitrogens with two attached hydrogens (primary N) is 1. The van der Waals surface area contributed by atoms with Gasteiger partial charge in [0.05, 0.1) is 0 Å². The second-order valence-electron chi connectivity index (χ2n) is 3.84. The number of aryl methyl sites for hydroxylation is 1. The molecule has 0 spiro atoms. The van der Waals surface area contributed by atoms with Gasteiger partial charge in [-0.1, -0.05) is 6.07 Å². The van der Waals surface area contributed by atoms with Crippen LogP contribution in [0, 0.1) is 13.8 Å². The van der Waals surface area contributed by atoms with Crippen molar-refractivity contribution in [3.05, 3.63) is 28.8 Å². The van der Waals surface area contributed by atoms with Crippen LogP contribution in [0.1, 0.15) is 23.6 Å². The van der Waals surface area contributed by atoms with Gasteiger partial charge in [0.25, 0.3) is 0 Å². The van der Waals surface area contributed by atoms with Crippen LogP contribution in [-0.2, 0) is 11.3 Å². The lowest BCUT2D eigenvalue weighted by Gasteiger charge is -2.14. The zero-order valence-corrected chi connectivity index (χ0v) is 10.6. The minimum absolute atomic E-state index is 0.198. The van der Waals surface area contributed by atoms with Crippen molar-refractivity contribution in [1.82, 2.24) is 0 Å². The molecule has 3 nitrogen and oxygen atoms in total. The van der Waals surface area contributed by atoms with E-state index in [2.05, 4.69) is 5.32 Å². The number of halogens is 1. The van der Waals surface area contributed by atoms with E-state index in [1.54, 1.807) is 6.92 Å². The number of hydrogen-bond donors (Lipinski definition) is 2. The summed E-state index contributed by atoms with van der Waals surface area (Å²) in [6.07, 6.45) is 0. The molecule has 1 unspecified atom stereocenters. The Kier molecular flexibility index (Phi) is 4.33. The van der Waals surface area contributed by atoms with Crippen LogP contribution in [0.5, 0.6) is 0 Å². The number of hydrogen-bond acceptors (Lipinski definition) is 2. The zero-order valence-electron chi connectivity index (χ0n) is 9.80. The minimum Gasteiger partial charge on any atom is -0.326 e. The fourth-order valence-electron chi connectivity index (χ4n) is 1.57. The highest BCUT2D eigenvalue weighted by Gasteiger charge is 2.12. The average Bonchev–Trinajstić information content (AvgIpc) is 2.22. The van der Waals surface area contributed by atoms with E-state index in [4.69, 9.17) is 17.3 Å². The van der Waals surface area contributed by atoms with Crippen molar-refractivity contribution in [2.75, 3.05) is 5.32 Å². The SMILES string of the molecule is Cc1ccc(NC(=O)C(C)Cl)c(C)c1CN. The van der Waals surface area contributed by atoms with Crippen LogP contribution in [0.25, 0.3) is 0 Å². The molecular formula is C12H17ClN2O. The zero-order chi connectivity index (χ0) is 12.3. The Balaban J connectivity index is 3.03. The minimum atomic E-state index is -0.540. The number of rotatable bonds is 3. The van der Waals surface area contributed by atoms with E-state index >= 15 is 0 Å². The first-order valence-electron chi connectivity index (χ1n) is 5.21. The molecule has 0 aliphatic heterocycles. The third-order valence-electron chi connectivity index (χ3n) is 2.66. The standard InChI is InChI=1S/C12H17ClN2O/c1-7-4-5-11(8(2)10(7)6-14)15-12(16)9(3)13/h4-5,9H,6,14H2,1-3H3,(H,15,16). The van der Waals surface area contributed by atoms with Crippen molar-refractivity contribution in [1.29, 1.82) is 0 Å². The summed E-state index contributed by atoms with van der Waals surface area (Å²) in [6, 6.07) is 3.82. The van der Waals surface area contributed by atoms with E-state index in [0.29, 0.717) is 6.54 Å². The van der Waals surface area contributed by atoms with Gasteiger partial charge in [-0.3, -0.25) is 4.79 Å². The van der Waals surface area contributed by atoms with E-state index < -0.39 is 5.38 Å². The number of nitrogens with one attached hydrogen (secondary N) is 1. The summed E-state index contributed by atoms with van der Waals surface area (Å²) in [6.45, 7) is 6.07. The highest BCUT2D eigenvalue weighted by molar-refractivity contribution is 6.32. The predicted molar refractivity (Wildman–Crippen MR) is 67.8 cm³/mol. The van der Waals surface area contributed by atoms with Crippen LogP contribution < -0.4 is 11.1 Å². The largest absolute Gasteiger partial charge is 0.326 e. The van der Waals surface area contributed by atoms with Gasteiger partial charge in [-0.15, -0.1) is 11.6 Å². The summed E-state index contributed by atoms with van der Waals surface area (Å²) in [5.41, 5.74) is 9.67. The normalized spacial score (nSPS) is 12.3. The van der Waals surface area contributed by atoms with Crippen LogP contribution >= 0.6 is 11.6 Å². The molecule has 1 amide bonds. The molecule has 0 aromatic heterocycles. The summed E-state index contributed by atoms with van der Waals surface area (Å²) in [5, 5.41) is 2.25. The second kappa shape index (κ2) is 5.32. The number of benzene rings is 1. The molecule has 3 N–H and O–H groups in total. The summed E-state index contributed by atoms with van der Waals surface area (Å²) >= 11 is 5.70. The quantitative estimate of drug-likeness (QED) is 0.797. The molecule has 4 heteroatoms. The van der Waals surface area contributed by atoms with Gasteiger partial charge in [-0.2, -0.15) is 0 Å². The molecule has 0 heterocycles. The molecule has 16 heavy (non-hydrogen) atoms. The fraction of sp³-hybridized carbons (Fsp3) is 0.417. The van der Waals surface area contributed by atoms with Gasteiger partial charge < -0.3 is 11.1 Å². The number of carbonyl (C=O) groups excluding carboxylic acids is 1. The van der Waals surface area contributed by atoms with Gasteiger partial charge in [-0.25, -0.2) is 0 Å². The number of carbonyl (C=O) groups is 1. The van der Waals surface area contributed by atoms with Crippen molar-refractivity contribution in [2.24, 2.45) is 5.73 Å². The topological polar surface area (TPSA) is 55.1 Å². The van der Waals surface area contributed by atoms with Crippen molar-refractivity contribution < 1.29 is 4.79 Å². The fourth-order valence-corrected chi connectivity index (χ4v) is 1.63. The number of alkyl halides is 1. The van der Waals surface area contributed by atoms with Gasteiger partial charge in [0, 0.05) is 12.2 Å². The Hall–Kier alpha value is -1.06. The molecule has 0 radical (unpaired) electrons. The Morgan fingerprint density at radius 2 is 2.12 bits per heavy atom. The van der Waals surface area contributed by atoms with E-state index in [1.165, 1.54) is 0 Å². The Bertz CT molecular complexity index is 402. The monoisotopic (exact) mass is 240 g/mol. The Morgan fingerprint density at radius 3 is 2.62 bits per heavy atom. The lowest BCUT2D eigenvalue weighted by Crippen LogP contribution is -2.21. The third kappa shape index (κ3) is 2.74. The molecule has 1 rings (SSSR count). The maximum Gasteiger partial charge on any atom is 0.242 e. The highest BCUT2D eigenvalue weighted by atomic mass is 35.5. The van der Waals surface area contributed by atoms with Gasteiger partial charge in [0.2, 0.25) is 5.91 Å². The average molecular weight is 241 g/mol. The molecule has 0 bridgehead atoms. The molecule has 0 aliphatic rings. The molecule has 0 aliphatic carbocycles. The summed E-state index contributed by atoms with van der Waals surface area (Å²) < 4.78 is 0. The second-order valence-corrected chi connectivity index (χ2v) is 4.50. The molecule has 0 saturated carbocycles. The lowest BCUT2D eigenvalue weighted by molar-refractivity contribution is -0.115. The molecule has 1 aromatic rings. The summed E-state index contributed by atoms with van der Waals surface area (Å²) in [5.74, 6) is -0.198. The van der Waals surface area contributed by atoms with Crippen molar-refractivity contribution in [3.63, 3.8) is 0 Å². The van der Waals surface area contributed by atoms with Crippen molar-refractivity contribution in [2.45, 2.75) is 32.7 Å². The summed E-state index contributed by atoms with van der Waals surface area (Å²) in [7, 11) is 0. The molecular weight excluding hydrogens is 224 g/mol. The van der Waals surface area contributed by atoms with E-state index in [-0.39, 0.29) is 5.91 Å². The first-order valence-corrected chi connectivity index (χ1v) is 5.65. The molecule has 88 valence electrons. The van der Waals surface area contributed by atoms with Crippen LogP contribution in [-0.4, -0.2) is 11.3 Å². The van der Waals surface area contributed by atoms with Crippen molar-refractivity contribution >= 4 is 23.2 Å². The van der Waals surface area contributed by atoms with Gasteiger partial charge in [0.1, 0.15) is 5.38 Å². The maximum absolute atomic E-state index is 11.5. The molecule has 1 atom stereocenters. The molecule has 0 fully saturated rings. The van der Waals surface area contributed by atoms with Crippen LogP contribution in [0.3, 0.4) is 0 Å². The Morgan fingerprint density at radius 1 is 1.50 bits per heavy atom. The van der Waals surface area contributed by atoms with E-state index in [1.807, 2.05) is 26.0 Å². The smallest absolute Gasteiger partial charge is 0.242 e. The molecule has 0 saturated heterocycles. The van der Waals surface area contributed by atoms with E-state index in [0.717, 1.165) is 22.4 Å². The number of amides is 1. The van der Waals surface area contributed by atoms with Gasteiger partial charge in [0.15, 0.2) is 0 Å². The third-order valence-corrected chi connectivity index (χ3v) is 2.85. The first kappa shape index (κ1) is 13.0. The number of anilines is 1. The highest BCUT2D eigenvalue weighted by Crippen LogP contribution is 2.22. The van der Waals surface area contributed by atoms with Gasteiger partial charge >= 0.3 is 0 Å². The van der Waals surface area contributed by atoms with Gasteiger partial charge in [-0.05, 0) is 43.5 Å². The van der Waals surface area contributed by atoms with Crippen LogP contribution in [0.4, 0.5) is 5.69 Å². The van der Waals surface area contributed by atoms with Crippen molar-refractivity contribution in [3.8, 4) is 0 Å². The molecule has 1 aromatic carbocycles. The Labute approximate surface area is 101 Å². The van der Waals surface area contributed by atoms with Crippen LogP contribution in [0.2, 0.25) is 0 Å². The lowest BCUT2D eigenvalue weighted by atomic mass is 10.0. The maximum atomic E-state index is 11.5. The van der Waals surface area contributed by atoms with E-state index in [9.17, 15) is 4.79 Å².